The predicted octanol–water partition coefficient (Wildman–Crippen LogP) is 2.32. The molecule has 0 bridgehead atoms. The van der Waals surface area contributed by atoms with Crippen molar-refractivity contribution in [1.82, 2.24) is 19.5 Å². The summed E-state index contributed by atoms with van der Waals surface area (Å²) in [5.74, 6) is 0.503. The molecule has 2 aromatic rings. The molecule has 8 nitrogen and oxygen atoms in total. The van der Waals surface area contributed by atoms with Gasteiger partial charge in [0.15, 0.2) is 11.2 Å². The number of anilines is 1. The average molecular weight is 335 g/mol. The molecule has 2 atom stereocenters. The molecule has 0 spiro atoms. The van der Waals surface area contributed by atoms with Gasteiger partial charge in [-0.1, -0.05) is 13.0 Å². The highest BCUT2D eigenvalue weighted by Gasteiger charge is 2.19. The average Bonchev–Trinajstić information content (AvgIpc) is 2.98. The van der Waals surface area contributed by atoms with Crippen molar-refractivity contribution in [2.24, 2.45) is 0 Å². The number of nitrogens with zero attached hydrogens (tertiary/aromatic N) is 4. The minimum Gasteiger partial charge on any atom is -0.476 e. The first-order chi connectivity index (χ1) is 11.6. The van der Waals surface area contributed by atoms with Crippen molar-refractivity contribution >= 4 is 17.1 Å². The Kier molecular flexibility index (Phi) is 6.51. The smallest absolute Gasteiger partial charge is 0.247 e. The van der Waals surface area contributed by atoms with E-state index in [0.29, 0.717) is 36.7 Å². The molecule has 0 radical (unpaired) electrons. The predicted molar refractivity (Wildman–Crippen MR) is 91.8 cm³/mol. The second-order valence-corrected chi connectivity index (χ2v) is 5.36. The minimum atomic E-state index is -0.273. The van der Waals surface area contributed by atoms with Crippen LogP contribution in [0.15, 0.2) is 19.0 Å². The lowest BCUT2D eigenvalue weighted by atomic mass is 10.3. The Hall–Kier alpha value is -2.19. The Balaban J connectivity index is 2.26. The zero-order valence-electron chi connectivity index (χ0n) is 14.4. The van der Waals surface area contributed by atoms with Gasteiger partial charge in [0, 0.05) is 7.11 Å². The molecule has 2 rings (SSSR count). The number of nitrogens with two attached hydrogens (primary N) is 1. The zero-order chi connectivity index (χ0) is 17.5. The van der Waals surface area contributed by atoms with Crippen LogP contribution in [0.5, 0.6) is 5.88 Å². The lowest BCUT2D eigenvalue weighted by Crippen LogP contribution is -2.22. The van der Waals surface area contributed by atoms with Gasteiger partial charge in [0.2, 0.25) is 11.8 Å². The molecule has 24 heavy (non-hydrogen) atoms. The van der Waals surface area contributed by atoms with Gasteiger partial charge < -0.3 is 19.9 Å². The van der Waals surface area contributed by atoms with Gasteiger partial charge >= 0.3 is 0 Å². The fourth-order valence-corrected chi connectivity index (χ4v) is 2.30. The normalized spacial score (nSPS) is 13.8. The standard InChI is InChI=1S/C16H25N5O3/c1-5-7-8-23-15-13-14(19-16(17)20-15)21(10-18-13)11(3)24-12(6-2)9-22-4/h5,10-12H,1,6-9H2,2-4H3,(H2,17,19,20). The molecule has 2 heterocycles. The van der Waals surface area contributed by atoms with Gasteiger partial charge in [-0.2, -0.15) is 9.97 Å². The van der Waals surface area contributed by atoms with Crippen LogP contribution in [0.3, 0.4) is 0 Å². The van der Waals surface area contributed by atoms with Crippen LogP contribution in [0.2, 0.25) is 0 Å². The van der Waals surface area contributed by atoms with Crippen molar-refractivity contribution in [2.45, 2.75) is 39.0 Å². The summed E-state index contributed by atoms with van der Waals surface area (Å²) in [5, 5.41) is 0. The van der Waals surface area contributed by atoms with Gasteiger partial charge in [0.1, 0.15) is 6.23 Å². The van der Waals surface area contributed by atoms with Crippen molar-refractivity contribution in [3.8, 4) is 5.88 Å². The summed E-state index contributed by atoms with van der Waals surface area (Å²) in [6.07, 6.45) is 4.70. The Morgan fingerprint density at radius 1 is 1.42 bits per heavy atom. The highest BCUT2D eigenvalue weighted by Crippen LogP contribution is 2.25. The van der Waals surface area contributed by atoms with Crippen LogP contribution in [0.1, 0.15) is 32.9 Å². The first kappa shape index (κ1) is 18.2. The van der Waals surface area contributed by atoms with Gasteiger partial charge in [-0.25, -0.2) is 4.98 Å². The van der Waals surface area contributed by atoms with Gasteiger partial charge in [-0.3, -0.25) is 4.57 Å². The second kappa shape index (κ2) is 8.60. The number of hydrogen-bond donors (Lipinski definition) is 1. The van der Waals surface area contributed by atoms with Crippen molar-refractivity contribution in [3.05, 3.63) is 19.0 Å². The first-order valence-electron chi connectivity index (χ1n) is 7.98. The Bertz CT molecular complexity index is 673. The first-order valence-corrected chi connectivity index (χ1v) is 7.98. The molecular weight excluding hydrogens is 310 g/mol. The lowest BCUT2D eigenvalue weighted by molar-refractivity contribution is -0.0720. The van der Waals surface area contributed by atoms with Crippen LogP contribution in [0.4, 0.5) is 5.95 Å². The van der Waals surface area contributed by atoms with Gasteiger partial charge in [0.25, 0.3) is 0 Å². The van der Waals surface area contributed by atoms with E-state index in [4.69, 9.17) is 19.9 Å². The zero-order valence-corrected chi connectivity index (χ0v) is 14.4. The van der Waals surface area contributed by atoms with Crippen molar-refractivity contribution in [3.63, 3.8) is 0 Å². The summed E-state index contributed by atoms with van der Waals surface area (Å²) in [6.45, 7) is 8.63. The maximum Gasteiger partial charge on any atom is 0.247 e. The third-order valence-electron chi connectivity index (χ3n) is 3.56. The number of imidazole rings is 1. The maximum atomic E-state index is 6.01. The summed E-state index contributed by atoms with van der Waals surface area (Å²) < 4.78 is 18.6. The van der Waals surface area contributed by atoms with Crippen LogP contribution in [-0.2, 0) is 9.47 Å². The fraction of sp³-hybridized carbons (Fsp3) is 0.562. The third-order valence-corrected chi connectivity index (χ3v) is 3.56. The van der Waals surface area contributed by atoms with Gasteiger partial charge in [-0.05, 0) is 19.8 Å². The molecule has 0 aromatic carbocycles. The number of aromatic nitrogens is 4. The molecule has 0 aliphatic rings. The van der Waals surface area contributed by atoms with E-state index in [1.54, 1.807) is 19.5 Å². The van der Waals surface area contributed by atoms with Crippen LogP contribution >= 0.6 is 0 Å². The molecular formula is C16H25N5O3. The van der Waals surface area contributed by atoms with Crippen molar-refractivity contribution in [1.29, 1.82) is 0 Å². The summed E-state index contributed by atoms with van der Waals surface area (Å²) in [7, 11) is 1.66. The molecule has 2 N–H and O–H groups in total. The van der Waals surface area contributed by atoms with E-state index in [-0.39, 0.29) is 18.3 Å². The number of fused-ring (bicyclic) bond motifs is 1. The van der Waals surface area contributed by atoms with Crippen molar-refractivity contribution < 1.29 is 14.2 Å². The largest absolute Gasteiger partial charge is 0.476 e. The highest BCUT2D eigenvalue weighted by atomic mass is 16.5. The molecule has 2 unspecified atom stereocenters. The summed E-state index contributed by atoms with van der Waals surface area (Å²) in [6, 6.07) is 0. The number of nitrogen functional groups attached to an aromatic ring is 1. The molecule has 0 fully saturated rings. The lowest BCUT2D eigenvalue weighted by Gasteiger charge is -2.21. The van der Waals surface area contributed by atoms with E-state index in [2.05, 4.69) is 21.5 Å². The van der Waals surface area contributed by atoms with E-state index in [1.807, 2.05) is 18.4 Å². The highest BCUT2D eigenvalue weighted by molar-refractivity contribution is 5.77. The fourth-order valence-electron chi connectivity index (χ4n) is 2.30. The van der Waals surface area contributed by atoms with Gasteiger partial charge in [-0.15, -0.1) is 6.58 Å². The van der Waals surface area contributed by atoms with E-state index >= 15 is 0 Å². The van der Waals surface area contributed by atoms with E-state index in [1.165, 1.54) is 0 Å². The molecule has 0 saturated carbocycles. The third kappa shape index (κ3) is 4.21. The van der Waals surface area contributed by atoms with Crippen LogP contribution in [0.25, 0.3) is 11.2 Å². The number of ether oxygens (including phenoxy) is 3. The monoisotopic (exact) mass is 335 g/mol. The minimum absolute atomic E-state index is 0.00931. The summed E-state index contributed by atoms with van der Waals surface area (Å²) in [5.41, 5.74) is 6.95. The van der Waals surface area contributed by atoms with E-state index < -0.39 is 0 Å². The van der Waals surface area contributed by atoms with Crippen LogP contribution in [-0.4, -0.2) is 45.9 Å². The number of hydrogen-bond acceptors (Lipinski definition) is 7. The van der Waals surface area contributed by atoms with Crippen molar-refractivity contribution in [2.75, 3.05) is 26.1 Å². The van der Waals surface area contributed by atoms with Crippen LogP contribution < -0.4 is 10.5 Å². The summed E-state index contributed by atoms with van der Waals surface area (Å²) >= 11 is 0. The Morgan fingerprint density at radius 3 is 2.88 bits per heavy atom. The Morgan fingerprint density at radius 2 is 2.21 bits per heavy atom. The van der Waals surface area contributed by atoms with E-state index in [0.717, 1.165) is 6.42 Å². The number of rotatable bonds is 10. The second-order valence-electron chi connectivity index (χ2n) is 5.36. The Labute approximate surface area is 141 Å². The topological polar surface area (TPSA) is 97.3 Å². The van der Waals surface area contributed by atoms with E-state index in [9.17, 15) is 0 Å². The number of methoxy groups -OCH3 is 1. The molecule has 132 valence electrons. The molecule has 0 saturated heterocycles. The maximum absolute atomic E-state index is 6.01. The quantitative estimate of drug-likeness (QED) is 0.525. The van der Waals surface area contributed by atoms with Crippen LogP contribution in [0, 0.1) is 0 Å². The SMILES string of the molecule is C=CCCOc1nc(N)nc2c1ncn2C(C)OC(CC)COC. The molecule has 0 aliphatic heterocycles. The summed E-state index contributed by atoms with van der Waals surface area (Å²) in [4.78, 5) is 12.8. The molecule has 0 aliphatic carbocycles. The molecule has 0 amide bonds. The van der Waals surface area contributed by atoms with Gasteiger partial charge in [0.05, 0.1) is 25.6 Å². The molecule has 2 aromatic heterocycles. The molecule has 8 heteroatoms.